The number of carbonyl (C=O) groups is 2. The summed E-state index contributed by atoms with van der Waals surface area (Å²) in [6, 6.07) is 6.53. The highest BCUT2D eigenvalue weighted by Crippen LogP contribution is 2.16. The Kier molecular flexibility index (Phi) is 8.48. The maximum Gasteiger partial charge on any atom is 0.328 e. The second-order valence-corrected chi connectivity index (χ2v) is 3.52. The Balaban J connectivity index is 0.000000399. The third-order valence-corrected chi connectivity index (χ3v) is 1.94. The van der Waals surface area contributed by atoms with Crippen molar-refractivity contribution in [1.82, 2.24) is 0 Å². The second kappa shape index (κ2) is 9.67. The molecule has 0 bridgehead atoms. The number of aliphatic carboxylic acids is 2. The third kappa shape index (κ3) is 9.37. The van der Waals surface area contributed by atoms with Crippen LogP contribution in [0.2, 0.25) is 0 Å². The van der Waals surface area contributed by atoms with Crippen molar-refractivity contribution in [2.24, 2.45) is 5.73 Å². The molecule has 0 aliphatic heterocycles. The lowest BCUT2D eigenvalue weighted by atomic mass is 10.2. The van der Waals surface area contributed by atoms with E-state index in [9.17, 15) is 14.7 Å². The Morgan fingerprint density at radius 3 is 2.26 bits per heavy atom. The molecule has 5 N–H and O–H groups in total. The molecule has 1 rings (SSSR count). The van der Waals surface area contributed by atoms with Crippen molar-refractivity contribution in [3.63, 3.8) is 0 Å². The fourth-order valence-electron chi connectivity index (χ4n) is 1.04. The molecule has 104 valence electrons. The number of nitrogens with two attached hydrogens (primary N) is 1. The van der Waals surface area contributed by atoms with Gasteiger partial charge in [-0.1, -0.05) is 18.2 Å². The van der Waals surface area contributed by atoms with E-state index < -0.39 is 11.9 Å². The number of carboxylic acids is 2. The summed E-state index contributed by atoms with van der Waals surface area (Å²) in [5.41, 5.74) is 5.51. The van der Waals surface area contributed by atoms with Crippen molar-refractivity contribution in [3.8, 4) is 5.75 Å². The van der Waals surface area contributed by atoms with E-state index in [1.54, 1.807) is 18.2 Å². The molecule has 1 aromatic carbocycles. The molecule has 6 nitrogen and oxygen atoms in total. The Morgan fingerprint density at radius 1 is 1.21 bits per heavy atom. The van der Waals surface area contributed by atoms with Gasteiger partial charge in [-0.15, -0.1) is 0 Å². The lowest BCUT2D eigenvalue weighted by Gasteiger charge is -1.95. The first-order chi connectivity index (χ1) is 8.97. The summed E-state index contributed by atoms with van der Waals surface area (Å²) in [6.07, 6.45) is 3.10. The van der Waals surface area contributed by atoms with Crippen molar-refractivity contribution in [2.75, 3.05) is 6.54 Å². The zero-order chi connectivity index (χ0) is 14.7. The first kappa shape index (κ1) is 16.7. The van der Waals surface area contributed by atoms with Gasteiger partial charge in [-0.25, -0.2) is 4.79 Å². The summed E-state index contributed by atoms with van der Waals surface area (Å²) >= 11 is 0. The average Bonchev–Trinajstić information content (AvgIpc) is 2.36. The van der Waals surface area contributed by atoms with Gasteiger partial charge in [0.05, 0.1) is 0 Å². The van der Waals surface area contributed by atoms with E-state index in [1.807, 2.05) is 0 Å². The Bertz CT molecular complexity index is 442. The van der Waals surface area contributed by atoms with Gasteiger partial charge in [0.1, 0.15) is 5.75 Å². The van der Waals surface area contributed by atoms with Crippen LogP contribution in [0.4, 0.5) is 0 Å². The molecule has 0 unspecified atom stereocenters. The molecule has 0 amide bonds. The Labute approximate surface area is 110 Å². The van der Waals surface area contributed by atoms with Gasteiger partial charge in [-0.3, -0.25) is 4.79 Å². The van der Waals surface area contributed by atoms with Crippen LogP contribution in [0.15, 0.2) is 30.3 Å². The van der Waals surface area contributed by atoms with Crippen LogP contribution in [0.5, 0.6) is 5.75 Å². The summed E-state index contributed by atoms with van der Waals surface area (Å²) in [5.74, 6) is -1.72. The number of hydrogen-bond donors (Lipinski definition) is 4. The molecule has 0 fully saturated rings. The number of para-hydroxylation sites is 1. The molecule has 0 aliphatic rings. The summed E-state index contributed by atoms with van der Waals surface area (Å²) in [7, 11) is 0. The minimum Gasteiger partial charge on any atom is -0.507 e. The van der Waals surface area contributed by atoms with Gasteiger partial charge in [-0.2, -0.15) is 0 Å². The largest absolute Gasteiger partial charge is 0.507 e. The predicted octanol–water partition coefficient (Wildman–Crippen LogP) is 1.30. The van der Waals surface area contributed by atoms with E-state index in [2.05, 4.69) is 0 Å². The molecule has 0 heterocycles. The van der Waals surface area contributed by atoms with E-state index in [0.717, 1.165) is 6.08 Å². The molecule has 0 aliphatic carbocycles. The third-order valence-electron chi connectivity index (χ3n) is 1.94. The number of phenolic OH excluding ortho intramolecular Hbond substituents is 1. The highest BCUT2D eigenvalue weighted by atomic mass is 16.4. The van der Waals surface area contributed by atoms with E-state index in [4.69, 9.17) is 15.9 Å². The van der Waals surface area contributed by atoms with Gasteiger partial charge >= 0.3 is 11.9 Å². The van der Waals surface area contributed by atoms with E-state index in [0.29, 0.717) is 18.5 Å². The van der Waals surface area contributed by atoms with Crippen LogP contribution >= 0.6 is 0 Å². The number of carboxylic acid groups (broad SMARTS) is 2. The summed E-state index contributed by atoms with van der Waals surface area (Å²) < 4.78 is 0. The van der Waals surface area contributed by atoms with E-state index in [1.165, 1.54) is 12.1 Å². The van der Waals surface area contributed by atoms with E-state index in [-0.39, 0.29) is 12.2 Å². The minimum atomic E-state index is -1.03. The zero-order valence-corrected chi connectivity index (χ0v) is 10.3. The van der Waals surface area contributed by atoms with E-state index >= 15 is 0 Å². The van der Waals surface area contributed by atoms with Crippen molar-refractivity contribution in [3.05, 3.63) is 35.9 Å². The van der Waals surface area contributed by atoms with Crippen LogP contribution in [0.25, 0.3) is 6.08 Å². The van der Waals surface area contributed by atoms with Gasteiger partial charge in [0, 0.05) is 18.1 Å². The van der Waals surface area contributed by atoms with Crippen molar-refractivity contribution in [2.45, 2.75) is 12.8 Å². The van der Waals surface area contributed by atoms with Crippen LogP contribution < -0.4 is 5.73 Å². The standard InChI is InChI=1S/C9H8O3.C4H9NO2/c10-8-4-2-1-3-7(8)5-6-9(11)12;5-3-1-2-4(6)7/h1-6,10H,(H,11,12);1-3,5H2,(H,6,7). The quantitative estimate of drug-likeness (QED) is 0.597. The van der Waals surface area contributed by atoms with Gasteiger partial charge < -0.3 is 21.1 Å². The number of benzene rings is 1. The summed E-state index contributed by atoms with van der Waals surface area (Å²) in [6.45, 7) is 0.465. The number of phenols is 1. The monoisotopic (exact) mass is 267 g/mol. The van der Waals surface area contributed by atoms with Gasteiger partial charge in [-0.05, 0) is 25.1 Å². The average molecular weight is 267 g/mol. The van der Waals surface area contributed by atoms with Crippen LogP contribution in [0, 0.1) is 0 Å². The lowest BCUT2D eigenvalue weighted by Crippen LogP contribution is -2.02. The number of hydrogen-bond acceptors (Lipinski definition) is 4. The first-order valence-electron chi connectivity index (χ1n) is 5.58. The molecule has 19 heavy (non-hydrogen) atoms. The topological polar surface area (TPSA) is 121 Å². The number of aromatic hydroxyl groups is 1. The number of rotatable bonds is 5. The predicted molar refractivity (Wildman–Crippen MR) is 70.7 cm³/mol. The summed E-state index contributed by atoms with van der Waals surface area (Å²) in [4.78, 5) is 19.8. The highest BCUT2D eigenvalue weighted by Gasteiger charge is 1.94. The van der Waals surface area contributed by atoms with Crippen LogP contribution in [-0.4, -0.2) is 33.8 Å². The normalized spacial score (nSPS) is 9.74. The van der Waals surface area contributed by atoms with Gasteiger partial charge in [0.25, 0.3) is 0 Å². The maximum absolute atomic E-state index is 10.1. The zero-order valence-electron chi connectivity index (χ0n) is 10.3. The molecule has 1 aromatic rings. The van der Waals surface area contributed by atoms with Crippen molar-refractivity contribution in [1.29, 1.82) is 0 Å². The molecule has 0 atom stereocenters. The molecular weight excluding hydrogens is 250 g/mol. The fraction of sp³-hybridized carbons (Fsp3) is 0.231. The molecule has 6 heteroatoms. The lowest BCUT2D eigenvalue weighted by molar-refractivity contribution is -0.137. The van der Waals surface area contributed by atoms with Crippen molar-refractivity contribution < 1.29 is 24.9 Å². The Hall–Kier alpha value is -2.34. The molecule has 0 radical (unpaired) electrons. The summed E-state index contributed by atoms with van der Waals surface area (Å²) in [5, 5.41) is 25.5. The first-order valence-corrected chi connectivity index (χ1v) is 5.58. The minimum absolute atomic E-state index is 0.0787. The molecular formula is C13H17NO5. The SMILES string of the molecule is NCCCC(=O)O.O=C(O)C=Cc1ccccc1O. The molecule has 0 saturated heterocycles. The molecule has 0 aromatic heterocycles. The fourth-order valence-corrected chi connectivity index (χ4v) is 1.04. The van der Waals surface area contributed by atoms with Crippen molar-refractivity contribution >= 4 is 18.0 Å². The van der Waals surface area contributed by atoms with Gasteiger partial charge in [0.15, 0.2) is 0 Å². The van der Waals surface area contributed by atoms with Crippen LogP contribution in [0.3, 0.4) is 0 Å². The van der Waals surface area contributed by atoms with Crippen LogP contribution in [0.1, 0.15) is 18.4 Å². The highest BCUT2D eigenvalue weighted by molar-refractivity contribution is 5.85. The van der Waals surface area contributed by atoms with Gasteiger partial charge in [0.2, 0.25) is 0 Å². The second-order valence-electron chi connectivity index (χ2n) is 3.52. The smallest absolute Gasteiger partial charge is 0.328 e. The van der Waals surface area contributed by atoms with Crippen LogP contribution in [-0.2, 0) is 9.59 Å². The molecule has 0 saturated carbocycles. The molecule has 0 spiro atoms. The Morgan fingerprint density at radius 2 is 1.84 bits per heavy atom. The maximum atomic E-state index is 10.1.